The Bertz CT molecular complexity index is 991. The number of nitriles is 1. The predicted octanol–water partition coefficient (Wildman–Crippen LogP) is 2.01. The van der Waals surface area contributed by atoms with Crippen molar-refractivity contribution in [3.05, 3.63) is 47.7 Å². The first-order chi connectivity index (χ1) is 11.8. The van der Waals surface area contributed by atoms with Crippen molar-refractivity contribution in [3.8, 4) is 11.9 Å². The first kappa shape index (κ1) is 18.6. The molecule has 0 aliphatic carbocycles. The minimum absolute atomic E-state index is 0.0683. The van der Waals surface area contributed by atoms with Crippen LogP contribution >= 0.6 is 11.6 Å². The van der Waals surface area contributed by atoms with Crippen LogP contribution in [-0.4, -0.2) is 26.5 Å². The Hall–Kier alpha value is -2.72. The maximum absolute atomic E-state index is 12.7. The van der Waals surface area contributed by atoms with E-state index in [4.69, 9.17) is 27.0 Å². The van der Waals surface area contributed by atoms with Gasteiger partial charge in [0.25, 0.3) is 5.88 Å². The maximum atomic E-state index is 12.7. The van der Waals surface area contributed by atoms with Crippen molar-refractivity contribution >= 4 is 33.0 Å². The van der Waals surface area contributed by atoms with Crippen molar-refractivity contribution in [1.82, 2.24) is 5.10 Å². The van der Waals surface area contributed by atoms with Crippen LogP contribution in [0.1, 0.15) is 15.8 Å². The second kappa shape index (κ2) is 7.45. The number of hydrogen-bond donors (Lipinski definition) is 1. The molecule has 0 aliphatic heterocycles. The molecular formula is C16H14ClN4O3S+. The molecule has 2 rings (SSSR count). The normalized spacial score (nSPS) is 11.9. The predicted molar refractivity (Wildman–Crippen MR) is 91.0 cm³/mol. The van der Waals surface area contributed by atoms with Crippen LogP contribution in [0.4, 0.5) is 0 Å². The molecule has 0 aliphatic rings. The summed E-state index contributed by atoms with van der Waals surface area (Å²) in [4.78, 5) is 0.0778. The molecule has 0 spiro atoms. The van der Waals surface area contributed by atoms with Crippen molar-refractivity contribution in [2.24, 2.45) is 0 Å². The fourth-order valence-corrected chi connectivity index (χ4v) is 3.76. The van der Waals surface area contributed by atoms with Gasteiger partial charge in [0.15, 0.2) is 20.6 Å². The maximum Gasteiger partial charge on any atom is 0.376 e. The zero-order valence-corrected chi connectivity index (χ0v) is 15.0. The topological polar surface area (TPSA) is 108 Å². The van der Waals surface area contributed by atoms with Crippen LogP contribution in [0.2, 0.25) is 0 Å². The number of nitrogens with one attached hydrogen (secondary N) is 1. The van der Waals surface area contributed by atoms with E-state index in [1.165, 1.54) is 31.5 Å². The Balaban J connectivity index is 2.52. The minimum atomic E-state index is -3.87. The number of aryl methyl sites for hydroxylation is 1. The second-order valence-corrected chi connectivity index (χ2v) is 7.71. The fraction of sp³-hybridized carbons (Fsp3) is 0.188. The molecule has 1 heterocycles. The number of ether oxygens (including phenoxy) is 1. The standard InChI is InChI=1S/C16H14ClN4O3S/c1-11-3-5-13(6-4-11)25(22,23)15(17)14-7-8-21(12(9-18)10-19)20-16(14)24-2/h3-8,15,18H,1-2H3/q+1. The van der Waals surface area contributed by atoms with E-state index < -0.39 is 14.5 Å². The number of nitrogens with zero attached hydrogens (tertiary/aromatic N) is 3. The van der Waals surface area contributed by atoms with E-state index in [0.717, 1.165) is 10.2 Å². The van der Waals surface area contributed by atoms with Gasteiger partial charge in [-0.15, -0.1) is 0 Å². The van der Waals surface area contributed by atoms with E-state index in [-0.39, 0.29) is 22.0 Å². The summed E-state index contributed by atoms with van der Waals surface area (Å²) in [6.07, 6.45) is 1.32. The number of halogens is 1. The van der Waals surface area contributed by atoms with Crippen LogP contribution in [-0.2, 0) is 9.84 Å². The number of allylic oxidation sites excluding steroid dienone is 1. The van der Waals surface area contributed by atoms with Gasteiger partial charge < -0.3 is 4.74 Å². The summed E-state index contributed by atoms with van der Waals surface area (Å²) in [5.41, 5.74) is 0.869. The SMILES string of the molecule is COc1n[n+](C(=C=N)C#N)ccc1C(Cl)S(=O)(=O)c1ccc(C)cc1. The van der Waals surface area contributed by atoms with Crippen LogP contribution in [0.3, 0.4) is 0 Å². The Kier molecular flexibility index (Phi) is 5.55. The summed E-state index contributed by atoms with van der Waals surface area (Å²) in [5.74, 6) is 1.86. The number of rotatable bonds is 5. The number of methoxy groups -OCH3 is 1. The largest absolute Gasteiger partial charge is 0.477 e. The Labute approximate surface area is 150 Å². The quantitative estimate of drug-likeness (QED) is 0.371. The van der Waals surface area contributed by atoms with E-state index in [1.807, 2.05) is 12.8 Å². The Morgan fingerprint density at radius 3 is 2.52 bits per heavy atom. The van der Waals surface area contributed by atoms with Crippen molar-refractivity contribution < 1.29 is 17.8 Å². The third-order valence-electron chi connectivity index (χ3n) is 3.35. The highest BCUT2D eigenvalue weighted by atomic mass is 35.5. The first-order valence-electron chi connectivity index (χ1n) is 6.96. The number of hydrogen-bond acceptors (Lipinski definition) is 6. The molecule has 1 unspecified atom stereocenters. The summed E-state index contributed by atoms with van der Waals surface area (Å²) in [6, 6.07) is 9.44. The van der Waals surface area contributed by atoms with Gasteiger partial charge in [-0.05, 0) is 23.7 Å². The molecule has 7 nitrogen and oxygen atoms in total. The van der Waals surface area contributed by atoms with Crippen molar-refractivity contribution in [2.45, 2.75) is 16.5 Å². The summed E-state index contributed by atoms with van der Waals surface area (Å²) in [6.45, 7) is 1.85. The van der Waals surface area contributed by atoms with E-state index >= 15 is 0 Å². The van der Waals surface area contributed by atoms with Gasteiger partial charge in [0, 0.05) is 11.2 Å². The lowest BCUT2D eigenvalue weighted by molar-refractivity contribution is -0.642. The van der Waals surface area contributed by atoms with Gasteiger partial charge in [-0.1, -0.05) is 29.3 Å². The van der Waals surface area contributed by atoms with Crippen molar-refractivity contribution in [2.75, 3.05) is 7.11 Å². The molecule has 0 saturated heterocycles. The van der Waals surface area contributed by atoms with E-state index in [9.17, 15) is 8.42 Å². The van der Waals surface area contributed by atoms with Gasteiger partial charge in [-0.3, -0.25) is 5.41 Å². The molecule has 0 fully saturated rings. The van der Waals surface area contributed by atoms with E-state index in [2.05, 4.69) is 5.10 Å². The summed E-state index contributed by atoms with van der Waals surface area (Å²) >= 11 is 6.21. The van der Waals surface area contributed by atoms with Crippen molar-refractivity contribution in [3.63, 3.8) is 0 Å². The first-order valence-corrected chi connectivity index (χ1v) is 8.95. The van der Waals surface area contributed by atoms with Crippen LogP contribution in [0.5, 0.6) is 5.88 Å². The van der Waals surface area contributed by atoms with Gasteiger partial charge in [0.1, 0.15) is 0 Å². The van der Waals surface area contributed by atoms with Crippen LogP contribution in [0.25, 0.3) is 5.70 Å². The minimum Gasteiger partial charge on any atom is -0.477 e. The van der Waals surface area contributed by atoms with E-state index in [1.54, 1.807) is 18.2 Å². The Morgan fingerprint density at radius 2 is 2.00 bits per heavy atom. The lowest BCUT2D eigenvalue weighted by atomic mass is 10.2. The molecule has 1 N–H and O–H groups in total. The van der Waals surface area contributed by atoms with Crippen molar-refractivity contribution in [1.29, 1.82) is 10.7 Å². The third kappa shape index (κ3) is 3.69. The molecule has 1 aromatic heterocycles. The highest BCUT2D eigenvalue weighted by Crippen LogP contribution is 2.36. The molecule has 9 heteroatoms. The molecule has 2 aromatic rings. The molecule has 1 aromatic carbocycles. The monoisotopic (exact) mass is 377 g/mol. The number of alkyl halides is 1. The molecular weight excluding hydrogens is 364 g/mol. The van der Waals surface area contributed by atoms with Crippen LogP contribution in [0, 0.1) is 23.7 Å². The van der Waals surface area contributed by atoms with Crippen LogP contribution < -0.4 is 9.42 Å². The average molecular weight is 378 g/mol. The lowest BCUT2D eigenvalue weighted by Gasteiger charge is -2.13. The molecule has 25 heavy (non-hydrogen) atoms. The summed E-state index contributed by atoms with van der Waals surface area (Å²) in [7, 11) is -2.57. The molecule has 0 bridgehead atoms. The molecule has 128 valence electrons. The number of aromatic nitrogens is 2. The molecule has 1 atom stereocenters. The smallest absolute Gasteiger partial charge is 0.376 e. The zero-order chi connectivity index (χ0) is 18.6. The van der Waals surface area contributed by atoms with Gasteiger partial charge in [0.2, 0.25) is 6.20 Å². The molecule has 0 radical (unpaired) electrons. The third-order valence-corrected chi connectivity index (χ3v) is 6.02. The highest BCUT2D eigenvalue weighted by molar-refractivity contribution is 7.92. The molecule has 0 amide bonds. The Morgan fingerprint density at radius 1 is 1.36 bits per heavy atom. The second-order valence-electron chi connectivity index (χ2n) is 4.98. The van der Waals surface area contributed by atoms with Gasteiger partial charge in [0.05, 0.1) is 23.4 Å². The number of sulfone groups is 1. The summed E-state index contributed by atoms with van der Waals surface area (Å²) < 4.78 is 30.2. The average Bonchev–Trinajstić information content (AvgIpc) is 2.62. The van der Waals surface area contributed by atoms with Gasteiger partial charge in [-0.2, -0.15) is 5.26 Å². The lowest BCUT2D eigenvalue weighted by Crippen LogP contribution is -2.36. The van der Waals surface area contributed by atoms with Crippen LogP contribution in [0.15, 0.2) is 41.4 Å². The van der Waals surface area contributed by atoms with Gasteiger partial charge >= 0.3 is 5.70 Å². The molecule has 0 saturated carbocycles. The fourth-order valence-electron chi connectivity index (χ4n) is 2.02. The van der Waals surface area contributed by atoms with Gasteiger partial charge in [-0.25, -0.2) is 8.42 Å². The highest BCUT2D eigenvalue weighted by Gasteiger charge is 2.32. The van der Waals surface area contributed by atoms with E-state index in [0.29, 0.717) is 0 Å². The number of benzene rings is 1. The zero-order valence-electron chi connectivity index (χ0n) is 13.4. The summed E-state index contributed by atoms with van der Waals surface area (Å²) in [5, 5.41) is 20.0.